The Bertz CT molecular complexity index is 111. The van der Waals surface area contributed by atoms with Crippen molar-refractivity contribution in [1.82, 2.24) is 0 Å². The van der Waals surface area contributed by atoms with Crippen molar-refractivity contribution >= 4 is 0 Å². The Balaban J connectivity index is 0.000001000. The third-order valence-corrected chi connectivity index (χ3v) is 3.52. The average molecular weight is 269 g/mol. The molecule has 68 valence electrons. The van der Waals surface area contributed by atoms with Gasteiger partial charge in [-0.15, -0.1) is 0 Å². The van der Waals surface area contributed by atoms with E-state index in [4.69, 9.17) is 0 Å². The standard InChI is InChI=1S/C9H20N.HI/c1-8-6-5-7-9(2)10(8,3)4;/h8-9H,5-7H2,1-4H3;1H/q+1;/p-1. The summed E-state index contributed by atoms with van der Waals surface area (Å²) in [6.07, 6.45) is 4.26. The maximum absolute atomic E-state index is 2.37. The molecule has 2 atom stereocenters. The van der Waals surface area contributed by atoms with Gasteiger partial charge in [-0.3, -0.25) is 0 Å². The monoisotopic (exact) mass is 269 g/mol. The minimum absolute atomic E-state index is 0. The number of quaternary nitrogens is 1. The van der Waals surface area contributed by atoms with Crippen molar-refractivity contribution in [2.75, 3.05) is 14.1 Å². The highest BCUT2D eigenvalue weighted by Gasteiger charge is 2.33. The van der Waals surface area contributed by atoms with Crippen LogP contribution in [0.15, 0.2) is 0 Å². The first kappa shape index (κ1) is 11.7. The van der Waals surface area contributed by atoms with E-state index in [0.717, 1.165) is 12.1 Å². The van der Waals surface area contributed by atoms with Crippen LogP contribution in [0.3, 0.4) is 0 Å². The van der Waals surface area contributed by atoms with Crippen LogP contribution in [-0.2, 0) is 0 Å². The molecule has 0 saturated carbocycles. The molecule has 11 heavy (non-hydrogen) atoms. The van der Waals surface area contributed by atoms with Crippen molar-refractivity contribution in [2.24, 2.45) is 0 Å². The molecule has 0 aliphatic carbocycles. The molecule has 1 heterocycles. The molecule has 1 aliphatic heterocycles. The summed E-state index contributed by atoms with van der Waals surface area (Å²) in [5.41, 5.74) is 0. The average Bonchev–Trinajstić information content (AvgIpc) is 1.84. The van der Waals surface area contributed by atoms with E-state index >= 15 is 0 Å². The Morgan fingerprint density at radius 3 is 1.64 bits per heavy atom. The van der Waals surface area contributed by atoms with Gasteiger partial charge in [-0.1, -0.05) is 0 Å². The predicted octanol–water partition coefficient (Wildman–Crippen LogP) is -0.972. The number of rotatable bonds is 0. The van der Waals surface area contributed by atoms with Crippen molar-refractivity contribution in [1.29, 1.82) is 0 Å². The molecule has 1 fully saturated rings. The Labute approximate surface area is 87.8 Å². The maximum atomic E-state index is 2.37. The summed E-state index contributed by atoms with van der Waals surface area (Å²) in [6.45, 7) is 4.74. The van der Waals surface area contributed by atoms with Gasteiger partial charge in [0.25, 0.3) is 0 Å². The van der Waals surface area contributed by atoms with E-state index in [2.05, 4.69) is 27.9 Å². The molecule has 2 unspecified atom stereocenters. The highest BCUT2D eigenvalue weighted by atomic mass is 127. The highest BCUT2D eigenvalue weighted by molar-refractivity contribution is 4.64. The molecule has 0 amide bonds. The van der Waals surface area contributed by atoms with Gasteiger partial charge in [0.05, 0.1) is 26.2 Å². The van der Waals surface area contributed by atoms with E-state index in [0.29, 0.717) is 0 Å². The second-order valence-electron chi connectivity index (χ2n) is 4.26. The molecule has 0 aromatic carbocycles. The molecule has 1 nitrogen and oxygen atoms in total. The molecule has 0 aromatic rings. The van der Waals surface area contributed by atoms with Gasteiger partial charge >= 0.3 is 0 Å². The molecule has 2 heteroatoms. The van der Waals surface area contributed by atoms with Crippen molar-refractivity contribution in [3.63, 3.8) is 0 Å². The topological polar surface area (TPSA) is 0 Å². The van der Waals surface area contributed by atoms with E-state index in [1.54, 1.807) is 0 Å². The third kappa shape index (κ3) is 2.31. The molecular formula is C9H20IN. The van der Waals surface area contributed by atoms with Gasteiger partial charge in [0.15, 0.2) is 0 Å². The molecule has 0 bridgehead atoms. The van der Waals surface area contributed by atoms with E-state index in [-0.39, 0.29) is 24.0 Å². The minimum atomic E-state index is 0. The van der Waals surface area contributed by atoms with Gasteiger partial charge in [-0.2, -0.15) is 0 Å². The number of nitrogens with zero attached hydrogens (tertiary/aromatic N) is 1. The lowest BCUT2D eigenvalue weighted by molar-refractivity contribution is -0.940. The van der Waals surface area contributed by atoms with Crippen LogP contribution in [0.25, 0.3) is 0 Å². The van der Waals surface area contributed by atoms with Crippen LogP contribution in [0, 0.1) is 0 Å². The van der Waals surface area contributed by atoms with Crippen LogP contribution in [0.4, 0.5) is 0 Å². The normalized spacial score (nSPS) is 36.0. The Morgan fingerprint density at radius 2 is 1.36 bits per heavy atom. The largest absolute Gasteiger partial charge is 1.00 e. The zero-order chi connectivity index (χ0) is 7.78. The first-order valence-electron chi connectivity index (χ1n) is 4.38. The Kier molecular flexibility index (Phi) is 4.33. The van der Waals surface area contributed by atoms with Crippen LogP contribution in [0.2, 0.25) is 0 Å². The third-order valence-electron chi connectivity index (χ3n) is 3.52. The maximum Gasteiger partial charge on any atom is 0.0859 e. The molecule has 0 N–H and O–H groups in total. The highest BCUT2D eigenvalue weighted by Crippen LogP contribution is 2.26. The van der Waals surface area contributed by atoms with Gasteiger partial charge in [-0.05, 0) is 33.1 Å². The summed E-state index contributed by atoms with van der Waals surface area (Å²) in [6, 6.07) is 1.73. The molecule has 1 saturated heterocycles. The van der Waals surface area contributed by atoms with Gasteiger partial charge in [-0.25, -0.2) is 0 Å². The van der Waals surface area contributed by atoms with Crippen molar-refractivity contribution in [3.05, 3.63) is 0 Å². The van der Waals surface area contributed by atoms with Crippen LogP contribution < -0.4 is 24.0 Å². The first-order valence-corrected chi connectivity index (χ1v) is 4.38. The summed E-state index contributed by atoms with van der Waals surface area (Å²) < 4.78 is 1.22. The number of piperidine rings is 1. The van der Waals surface area contributed by atoms with Crippen LogP contribution in [0.1, 0.15) is 33.1 Å². The lowest BCUT2D eigenvalue weighted by atomic mass is 9.96. The molecular weight excluding hydrogens is 249 g/mol. The lowest BCUT2D eigenvalue weighted by Crippen LogP contribution is -3.00. The van der Waals surface area contributed by atoms with Gasteiger partial charge in [0, 0.05) is 0 Å². The van der Waals surface area contributed by atoms with Gasteiger partial charge in [0.1, 0.15) is 0 Å². The van der Waals surface area contributed by atoms with E-state index in [9.17, 15) is 0 Å². The van der Waals surface area contributed by atoms with Crippen molar-refractivity contribution < 1.29 is 28.5 Å². The fourth-order valence-corrected chi connectivity index (χ4v) is 1.81. The summed E-state index contributed by atoms with van der Waals surface area (Å²) in [4.78, 5) is 0. The zero-order valence-corrected chi connectivity index (χ0v) is 10.3. The Hall–Kier alpha value is 0.690. The molecule has 0 aromatic heterocycles. The summed E-state index contributed by atoms with van der Waals surface area (Å²) in [7, 11) is 4.71. The smallest absolute Gasteiger partial charge is 0.0859 e. The second kappa shape index (κ2) is 4.08. The number of halogens is 1. The summed E-state index contributed by atoms with van der Waals surface area (Å²) in [5, 5.41) is 0. The fourth-order valence-electron chi connectivity index (χ4n) is 1.81. The van der Waals surface area contributed by atoms with Crippen molar-refractivity contribution in [2.45, 2.75) is 45.2 Å². The van der Waals surface area contributed by atoms with Gasteiger partial charge in [0.2, 0.25) is 0 Å². The number of likely N-dealkylation sites (tertiary alicyclic amines) is 1. The Morgan fingerprint density at radius 1 is 1.00 bits per heavy atom. The van der Waals surface area contributed by atoms with Crippen molar-refractivity contribution in [3.8, 4) is 0 Å². The van der Waals surface area contributed by atoms with E-state index in [1.165, 1.54) is 23.7 Å². The fraction of sp³-hybridized carbons (Fsp3) is 1.00. The molecule has 0 spiro atoms. The quantitative estimate of drug-likeness (QED) is 0.392. The number of hydrogen-bond donors (Lipinski definition) is 0. The molecule has 0 radical (unpaired) electrons. The van der Waals surface area contributed by atoms with Crippen LogP contribution in [0.5, 0.6) is 0 Å². The molecule has 1 rings (SSSR count). The van der Waals surface area contributed by atoms with Crippen LogP contribution >= 0.6 is 0 Å². The first-order chi connectivity index (χ1) is 4.55. The SMILES string of the molecule is CC1CCCC(C)[N+]1(C)C.[I-]. The van der Waals surface area contributed by atoms with E-state index < -0.39 is 0 Å². The van der Waals surface area contributed by atoms with Crippen LogP contribution in [-0.4, -0.2) is 30.7 Å². The summed E-state index contributed by atoms with van der Waals surface area (Å²) in [5.74, 6) is 0. The predicted molar refractivity (Wildman–Crippen MR) is 44.9 cm³/mol. The van der Waals surface area contributed by atoms with Gasteiger partial charge < -0.3 is 28.5 Å². The zero-order valence-electron chi connectivity index (χ0n) is 8.10. The minimum Gasteiger partial charge on any atom is -1.00 e. The lowest BCUT2D eigenvalue weighted by Gasteiger charge is -2.45. The second-order valence-corrected chi connectivity index (χ2v) is 4.26. The van der Waals surface area contributed by atoms with E-state index in [1.807, 2.05) is 0 Å². The number of hydrogen-bond acceptors (Lipinski definition) is 0. The summed E-state index contributed by atoms with van der Waals surface area (Å²) >= 11 is 0. The molecule has 1 aliphatic rings.